The quantitative estimate of drug-likeness (QED) is 0.652. The van der Waals surface area contributed by atoms with E-state index < -0.39 is 0 Å². The molecule has 1 aromatic heterocycles. The average Bonchev–Trinajstić information content (AvgIpc) is 3.29. The van der Waals surface area contributed by atoms with E-state index in [2.05, 4.69) is 17.1 Å². The van der Waals surface area contributed by atoms with Crippen molar-refractivity contribution in [1.82, 2.24) is 9.88 Å². The van der Waals surface area contributed by atoms with E-state index in [4.69, 9.17) is 0 Å². The highest BCUT2D eigenvalue weighted by molar-refractivity contribution is 5.93. The number of aromatic amines is 1. The zero-order valence-electron chi connectivity index (χ0n) is 16.7. The van der Waals surface area contributed by atoms with Gasteiger partial charge in [0.05, 0.1) is 6.61 Å². The van der Waals surface area contributed by atoms with Gasteiger partial charge < -0.3 is 15.0 Å². The highest BCUT2D eigenvalue weighted by Gasteiger charge is 2.36. The van der Waals surface area contributed by atoms with Gasteiger partial charge in [-0.25, -0.2) is 0 Å². The van der Waals surface area contributed by atoms with Crippen molar-refractivity contribution in [3.63, 3.8) is 0 Å². The van der Waals surface area contributed by atoms with Gasteiger partial charge in [0, 0.05) is 24.2 Å². The number of aryl methyl sites for hydroxylation is 1. The van der Waals surface area contributed by atoms with Crippen LogP contribution in [0.2, 0.25) is 0 Å². The van der Waals surface area contributed by atoms with Crippen LogP contribution in [-0.4, -0.2) is 40.6 Å². The summed E-state index contributed by atoms with van der Waals surface area (Å²) < 4.78 is 0. The Balaban J connectivity index is 1.45. The summed E-state index contributed by atoms with van der Waals surface area (Å²) in [6.07, 6.45) is 3.69. The Hall–Kier alpha value is -2.85. The van der Waals surface area contributed by atoms with E-state index in [0.717, 1.165) is 43.5 Å². The summed E-state index contributed by atoms with van der Waals surface area (Å²) in [6.45, 7) is 1.46. The second-order valence-corrected chi connectivity index (χ2v) is 8.13. The van der Waals surface area contributed by atoms with Crippen LogP contribution in [0.5, 0.6) is 0 Å². The third-order valence-corrected chi connectivity index (χ3v) is 6.07. The second-order valence-electron chi connectivity index (χ2n) is 8.13. The molecule has 150 valence electrons. The van der Waals surface area contributed by atoms with Gasteiger partial charge in [0.15, 0.2) is 0 Å². The molecule has 2 aromatic carbocycles. The van der Waals surface area contributed by atoms with Crippen molar-refractivity contribution in [2.24, 2.45) is 5.41 Å². The highest BCUT2D eigenvalue weighted by atomic mass is 16.3. The van der Waals surface area contributed by atoms with Crippen LogP contribution in [0, 0.1) is 5.41 Å². The van der Waals surface area contributed by atoms with E-state index in [9.17, 15) is 9.90 Å². The molecule has 2 heterocycles. The monoisotopic (exact) mass is 388 g/mol. The number of rotatable bonds is 6. The van der Waals surface area contributed by atoms with Crippen molar-refractivity contribution in [2.75, 3.05) is 19.7 Å². The van der Waals surface area contributed by atoms with Crippen LogP contribution in [0.1, 0.15) is 35.3 Å². The molecule has 4 rings (SSSR count). The average molecular weight is 389 g/mol. The maximum Gasteiger partial charge on any atom is 0.270 e. The molecular formula is C25H28N2O2. The second kappa shape index (κ2) is 8.66. The van der Waals surface area contributed by atoms with E-state index in [1.54, 1.807) is 0 Å². The van der Waals surface area contributed by atoms with Gasteiger partial charge >= 0.3 is 0 Å². The van der Waals surface area contributed by atoms with Crippen LogP contribution in [0.4, 0.5) is 0 Å². The molecule has 3 aromatic rings. The molecule has 0 bridgehead atoms. The first-order valence-corrected chi connectivity index (χ1v) is 10.4. The molecule has 1 aliphatic rings. The summed E-state index contributed by atoms with van der Waals surface area (Å²) in [5, 5.41) is 10.2. The van der Waals surface area contributed by atoms with Crippen molar-refractivity contribution >= 4 is 5.91 Å². The number of hydrogen-bond acceptors (Lipinski definition) is 2. The topological polar surface area (TPSA) is 56.3 Å². The minimum atomic E-state index is -0.224. The summed E-state index contributed by atoms with van der Waals surface area (Å²) in [5.41, 5.74) is 3.68. The summed E-state index contributed by atoms with van der Waals surface area (Å²) in [5.74, 6) is 0.0180. The number of aromatic nitrogens is 1. The molecule has 1 unspecified atom stereocenters. The van der Waals surface area contributed by atoms with Gasteiger partial charge in [0.1, 0.15) is 5.69 Å². The molecule has 2 N–H and O–H groups in total. The van der Waals surface area contributed by atoms with Gasteiger partial charge in [-0.05, 0) is 48.9 Å². The number of piperidine rings is 1. The number of nitrogens with zero attached hydrogens (tertiary/aromatic N) is 1. The van der Waals surface area contributed by atoms with Crippen LogP contribution >= 0.6 is 0 Å². The Labute approximate surface area is 172 Å². The molecule has 4 heteroatoms. The van der Waals surface area contributed by atoms with E-state index >= 15 is 0 Å². The van der Waals surface area contributed by atoms with Gasteiger partial charge in [-0.2, -0.15) is 0 Å². The van der Waals surface area contributed by atoms with Crippen LogP contribution < -0.4 is 0 Å². The summed E-state index contributed by atoms with van der Waals surface area (Å²) in [6, 6.07) is 24.2. The molecule has 4 nitrogen and oxygen atoms in total. The Morgan fingerprint density at radius 2 is 1.72 bits per heavy atom. The van der Waals surface area contributed by atoms with Crippen LogP contribution in [0.3, 0.4) is 0 Å². The van der Waals surface area contributed by atoms with Crippen molar-refractivity contribution in [1.29, 1.82) is 0 Å². The molecule has 0 saturated carbocycles. The van der Waals surface area contributed by atoms with Gasteiger partial charge in [-0.3, -0.25) is 4.79 Å². The summed E-state index contributed by atoms with van der Waals surface area (Å²) >= 11 is 0. The van der Waals surface area contributed by atoms with E-state index in [1.807, 2.05) is 65.6 Å². The molecule has 1 amide bonds. The van der Waals surface area contributed by atoms with Crippen molar-refractivity contribution in [3.05, 3.63) is 84.1 Å². The van der Waals surface area contributed by atoms with Crippen molar-refractivity contribution in [3.8, 4) is 11.3 Å². The molecule has 1 aliphatic heterocycles. The molecule has 1 fully saturated rings. The lowest BCUT2D eigenvalue weighted by Crippen LogP contribution is -2.48. The first kappa shape index (κ1) is 19.5. The molecule has 1 atom stereocenters. The minimum Gasteiger partial charge on any atom is -0.396 e. The number of carbonyl (C=O) groups excluding carboxylic acids is 1. The fourth-order valence-electron chi connectivity index (χ4n) is 4.32. The number of carbonyl (C=O) groups is 1. The number of aliphatic hydroxyl groups excluding tert-OH is 1. The molecule has 29 heavy (non-hydrogen) atoms. The maximum absolute atomic E-state index is 13.1. The largest absolute Gasteiger partial charge is 0.396 e. The molecule has 0 spiro atoms. The number of H-pyrrole nitrogens is 1. The minimum absolute atomic E-state index is 0.0180. The number of likely N-dealkylation sites (tertiary alicyclic amines) is 1. The maximum atomic E-state index is 13.1. The molecule has 1 saturated heterocycles. The van der Waals surface area contributed by atoms with Gasteiger partial charge in [-0.15, -0.1) is 0 Å². The first-order chi connectivity index (χ1) is 14.2. The standard InChI is InChI=1S/C25H28N2O2/c28-19-25(16-14-20-8-3-1-4-9-20)15-7-17-27(18-25)24(29)23-13-12-22(26-23)21-10-5-2-6-11-21/h1-6,8-13,26,28H,7,14-19H2. The third-order valence-electron chi connectivity index (χ3n) is 6.07. The fraction of sp³-hybridized carbons (Fsp3) is 0.320. The Morgan fingerprint density at radius 1 is 1.00 bits per heavy atom. The predicted octanol–water partition coefficient (Wildman–Crippen LogP) is 4.53. The summed E-state index contributed by atoms with van der Waals surface area (Å²) in [7, 11) is 0. The lowest BCUT2D eigenvalue weighted by molar-refractivity contribution is 0.0225. The molecular weight excluding hydrogens is 360 g/mol. The summed E-state index contributed by atoms with van der Waals surface area (Å²) in [4.78, 5) is 18.3. The number of amides is 1. The Morgan fingerprint density at radius 3 is 2.45 bits per heavy atom. The van der Waals surface area contributed by atoms with Gasteiger partial charge in [-0.1, -0.05) is 60.7 Å². The van der Waals surface area contributed by atoms with Crippen LogP contribution in [-0.2, 0) is 6.42 Å². The number of aliphatic hydroxyl groups is 1. The highest BCUT2D eigenvalue weighted by Crippen LogP contribution is 2.35. The smallest absolute Gasteiger partial charge is 0.270 e. The SMILES string of the molecule is O=C(c1ccc(-c2ccccc2)[nH]1)N1CCCC(CO)(CCc2ccccc2)C1. The number of hydrogen-bond donors (Lipinski definition) is 2. The van der Waals surface area contributed by atoms with Gasteiger partial charge in [0.2, 0.25) is 0 Å². The van der Waals surface area contributed by atoms with Gasteiger partial charge in [0.25, 0.3) is 5.91 Å². The Bertz CT molecular complexity index is 936. The van der Waals surface area contributed by atoms with E-state index in [0.29, 0.717) is 12.2 Å². The predicted molar refractivity (Wildman–Crippen MR) is 116 cm³/mol. The molecule has 0 radical (unpaired) electrons. The lowest BCUT2D eigenvalue weighted by atomic mass is 9.76. The van der Waals surface area contributed by atoms with Crippen molar-refractivity contribution in [2.45, 2.75) is 25.7 Å². The zero-order valence-corrected chi connectivity index (χ0v) is 16.7. The van der Waals surface area contributed by atoms with Crippen LogP contribution in [0.25, 0.3) is 11.3 Å². The number of nitrogens with one attached hydrogen (secondary N) is 1. The zero-order chi connectivity index (χ0) is 20.1. The third kappa shape index (κ3) is 4.43. The lowest BCUT2D eigenvalue weighted by Gasteiger charge is -2.42. The first-order valence-electron chi connectivity index (χ1n) is 10.4. The van der Waals surface area contributed by atoms with E-state index in [1.165, 1.54) is 5.56 Å². The fourth-order valence-corrected chi connectivity index (χ4v) is 4.32. The Kier molecular flexibility index (Phi) is 5.81. The molecule has 0 aliphatic carbocycles. The number of benzene rings is 2. The van der Waals surface area contributed by atoms with E-state index in [-0.39, 0.29) is 17.9 Å². The van der Waals surface area contributed by atoms with Crippen LogP contribution in [0.15, 0.2) is 72.8 Å². The van der Waals surface area contributed by atoms with Crippen molar-refractivity contribution < 1.29 is 9.90 Å². The normalized spacial score (nSPS) is 19.3.